The fourth-order valence-electron chi connectivity index (χ4n) is 5.07. The van der Waals surface area contributed by atoms with Crippen LogP contribution in [0.5, 0.6) is 5.75 Å². The first-order valence-corrected chi connectivity index (χ1v) is 13.3. The van der Waals surface area contributed by atoms with Gasteiger partial charge in [0.1, 0.15) is 24.5 Å². The van der Waals surface area contributed by atoms with Gasteiger partial charge in [-0.15, -0.1) is 0 Å². The molecule has 1 amide bonds. The van der Waals surface area contributed by atoms with Gasteiger partial charge in [0.25, 0.3) is 5.91 Å². The number of hydrogen-bond acceptors (Lipinski definition) is 5. The second-order valence-corrected chi connectivity index (χ2v) is 10.6. The maximum Gasteiger partial charge on any atom is 0.325 e. The van der Waals surface area contributed by atoms with Crippen molar-refractivity contribution in [2.24, 2.45) is 11.8 Å². The molecule has 2 aromatic carbocycles. The molecule has 6 nitrogen and oxygen atoms in total. The average Bonchev–Trinajstić information content (AvgIpc) is 2.87. The van der Waals surface area contributed by atoms with Crippen LogP contribution in [-0.4, -0.2) is 42.8 Å². The van der Waals surface area contributed by atoms with Gasteiger partial charge in [0, 0.05) is 11.0 Å². The van der Waals surface area contributed by atoms with Crippen LogP contribution in [0.3, 0.4) is 0 Å². The summed E-state index contributed by atoms with van der Waals surface area (Å²) in [5.41, 5.74) is 3.61. The van der Waals surface area contributed by atoms with E-state index in [9.17, 15) is 14.7 Å². The van der Waals surface area contributed by atoms with Crippen LogP contribution in [0.4, 0.5) is 0 Å². The summed E-state index contributed by atoms with van der Waals surface area (Å²) < 4.78 is 10.8. The minimum atomic E-state index is -0.899. The van der Waals surface area contributed by atoms with E-state index in [0.29, 0.717) is 5.56 Å². The van der Waals surface area contributed by atoms with Gasteiger partial charge in [-0.1, -0.05) is 65.8 Å². The predicted molar refractivity (Wildman–Crippen MR) is 148 cm³/mol. The standard InChI is InChI=1S/C31H45NO5/c1-10-30(11-2,24-12-14-26(22(7)16-24)29(34)32-18-28(33)36-9)25-13-15-27(23(8)17-25)37-19-31(35,20(3)4)21(5)6/h12-17,20-21,35H,10-11,18-19H2,1-9H3,(H,32,34). The highest BCUT2D eigenvalue weighted by Gasteiger charge is 2.36. The second kappa shape index (κ2) is 12.6. The summed E-state index contributed by atoms with van der Waals surface area (Å²) in [6, 6.07) is 12.2. The first-order valence-electron chi connectivity index (χ1n) is 13.3. The summed E-state index contributed by atoms with van der Waals surface area (Å²) in [6.07, 6.45) is 1.77. The molecule has 2 N–H and O–H groups in total. The van der Waals surface area contributed by atoms with Crippen LogP contribution in [0.15, 0.2) is 36.4 Å². The van der Waals surface area contributed by atoms with Gasteiger partial charge in [-0.25, -0.2) is 0 Å². The van der Waals surface area contributed by atoms with Crippen molar-refractivity contribution in [1.82, 2.24) is 5.32 Å². The Bertz CT molecular complexity index is 1080. The Morgan fingerprint density at radius 3 is 1.92 bits per heavy atom. The molecule has 2 rings (SSSR count). The molecule has 2 aromatic rings. The summed E-state index contributed by atoms with van der Waals surface area (Å²) in [7, 11) is 1.29. The number of methoxy groups -OCH3 is 1. The predicted octanol–water partition coefficient (Wildman–Crippen LogP) is 5.73. The van der Waals surface area contributed by atoms with E-state index in [-0.39, 0.29) is 36.3 Å². The minimum absolute atomic E-state index is 0.0775. The first kappa shape index (κ1) is 30.4. The van der Waals surface area contributed by atoms with Crippen LogP contribution in [0.2, 0.25) is 0 Å². The zero-order valence-corrected chi connectivity index (χ0v) is 24.0. The summed E-state index contributed by atoms with van der Waals surface area (Å²) in [6.45, 7) is 16.5. The number of carbonyl (C=O) groups excluding carboxylic acids is 2. The fraction of sp³-hybridized carbons (Fsp3) is 0.548. The molecular formula is C31H45NO5. The van der Waals surface area contributed by atoms with E-state index in [2.05, 4.69) is 42.1 Å². The number of benzene rings is 2. The van der Waals surface area contributed by atoms with E-state index in [0.717, 1.165) is 35.3 Å². The van der Waals surface area contributed by atoms with Gasteiger partial charge in [0.2, 0.25) is 0 Å². The van der Waals surface area contributed by atoms with Crippen molar-refractivity contribution in [3.05, 3.63) is 64.2 Å². The molecule has 0 saturated carbocycles. The molecule has 37 heavy (non-hydrogen) atoms. The number of aryl methyl sites for hydroxylation is 2. The summed E-state index contributed by atoms with van der Waals surface area (Å²) in [5, 5.41) is 13.7. The highest BCUT2D eigenvalue weighted by atomic mass is 16.5. The van der Waals surface area contributed by atoms with Crippen LogP contribution in [0.25, 0.3) is 0 Å². The van der Waals surface area contributed by atoms with Crippen LogP contribution in [0, 0.1) is 25.7 Å². The SMILES string of the molecule is CCC(CC)(c1ccc(OCC(O)(C(C)C)C(C)C)c(C)c1)c1ccc(C(=O)NCC(=O)OC)c(C)c1. The van der Waals surface area contributed by atoms with Gasteiger partial charge < -0.3 is 19.9 Å². The molecular weight excluding hydrogens is 466 g/mol. The lowest BCUT2D eigenvalue weighted by atomic mass is 9.70. The third-order valence-electron chi connectivity index (χ3n) is 8.04. The Morgan fingerprint density at radius 1 is 0.919 bits per heavy atom. The van der Waals surface area contributed by atoms with E-state index in [1.165, 1.54) is 12.7 Å². The highest BCUT2D eigenvalue weighted by Crippen LogP contribution is 2.41. The number of amides is 1. The molecule has 6 heteroatoms. The largest absolute Gasteiger partial charge is 0.490 e. The van der Waals surface area contributed by atoms with Gasteiger partial charge in [0.15, 0.2) is 0 Å². The molecule has 0 unspecified atom stereocenters. The number of carbonyl (C=O) groups is 2. The Kier molecular flexibility index (Phi) is 10.3. The maximum atomic E-state index is 12.6. The minimum Gasteiger partial charge on any atom is -0.490 e. The van der Waals surface area contributed by atoms with E-state index < -0.39 is 11.6 Å². The molecule has 0 saturated heterocycles. The van der Waals surface area contributed by atoms with Crippen molar-refractivity contribution >= 4 is 11.9 Å². The van der Waals surface area contributed by atoms with Crippen LogP contribution >= 0.6 is 0 Å². The van der Waals surface area contributed by atoms with E-state index in [4.69, 9.17) is 4.74 Å². The number of nitrogens with one attached hydrogen (secondary N) is 1. The number of rotatable bonds is 12. The zero-order valence-electron chi connectivity index (χ0n) is 24.0. The molecule has 0 aliphatic rings. The maximum absolute atomic E-state index is 12.6. The lowest BCUT2D eigenvalue weighted by molar-refractivity contribution is -0.139. The van der Waals surface area contributed by atoms with E-state index in [1.807, 2.05) is 59.7 Å². The molecule has 0 heterocycles. The zero-order chi connectivity index (χ0) is 28.0. The third kappa shape index (κ3) is 6.53. The molecule has 204 valence electrons. The third-order valence-corrected chi connectivity index (χ3v) is 8.04. The van der Waals surface area contributed by atoms with Gasteiger partial charge in [-0.3, -0.25) is 9.59 Å². The van der Waals surface area contributed by atoms with Crippen molar-refractivity contribution in [1.29, 1.82) is 0 Å². The molecule has 0 spiro atoms. The summed E-state index contributed by atoms with van der Waals surface area (Å²) in [4.78, 5) is 24.0. The smallest absolute Gasteiger partial charge is 0.325 e. The van der Waals surface area contributed by atoms with Crippen LogP contribution in [-0.2, 0) is 14.9 Å². The monoisotopic (exact) mass is 511 g/mol. The van der Waals surface area contributed by atoms with Crippen LogP contribution < -0.4 is 10.1 Å². The first-order chi connectivity index (χ1) is 17.4. The Morgan fingerprint density at radius 2 is 1.46 bits per heavy atom. The molecule has 0 bridgehead atoms. The van der Waals surface area contributed by atoms with Crippen molar-refractivity contribution in [3.8, 4) is 5.75 Å². The van der Waals surface area contributed by atoms with Crippen LogP contribution in [0.1, 0.15) is 87.0 Å². The van der Waals surface area contributed by atoms with E-state index in [1.54, 1.807) is 0 Å². The summed E-state index contributed by atoms with van der Waals surface area (Å²) in [5.74, 6) is 0.147. The topological polar surface area (TPSA) is 84.9 Å². The highest BCUT2D eigenvalue weighted by molar-refractivity contribution is 5.97. The number of esters is 1. The van der Waals surface area contributed by atoms with Gasteiger partial charge in [-0.05, 0) is 72.9 Å². The number of hydrogen-bond donors (Lipinski definition) is 2. The molecule has 0 aliphatic carbocycles. The molecule has 0 aliphatic heterocycles. The normalized spacial score (nSPS) is 12.1. The summed E-state index contributed by atoms with van der Waals surface area (Å²) >= 11 is 0. The lowest BCUT2D eigenvalue weighted by Crippen LogP contribution is -2.46. The number of ether oxygens (including phenoxy) is 2. The van der Waals surface area contributed by atoms with Gasteiger partial charge >= 0.3 is 5.97 Å². The molecule has 0 atom stereocenters. The van der Waals surface area contributed by atoms with E-state index >= 15 is 0 Å². The van der Waals surface area contributed by atoms with Crippen molar-refractivity contribution in [2.75, 3.05) is 20.3 Å². The Labute approximate surface area is 222 Å². The average molecular weight is 512 g/mol. The van der Waals surface area contributed by atoms with Crippen molar-refractivity contribution < 1.29 is 24.2 Å². The Balaban J connectivity index is 2.36. The van der Waals surface area contributed by atoms with Crippen molar-refractivity contribution in [2.45, 2.75) is 79.2 Å². The molecule has 0 aromatic heterocycles. The fourth-order valence-corrected chi connectivity index (χ4v) is 5.07. The van der Waals surface area contributed by atoms with Crippen molar-refractivity contribution in [3.63, 3.8) is 0 Å². The Hall–Kier alpha value is -2.86. The number of aliphatic hydroxyl groups is 1. The van der Waals surface area contributed by atoms with Gasteiger partial charge in [-0.2, -0.15) is 0 Å². The molecule has 0 radical (unpaired) electrons. The van der Waals surface area contributed by atoms with Gasteiger partial charge in [0.05, 0.1) is 7.11 Å². The molecule has 0 fully saturated rings. The quantitative estimate of drug-likeness (QED) is 0.355. The lowest BCUT2D eigenvalue weighted by Gasteiger charge is -2.36. The second-order valence-electron chi connectivity index (χ2n) is 10.6.